The first-order valence-electron chi connectivity index (χ1n) is 3.30. The molecule has 1 aromatic rings. The number of nitriles is 1. The highest BCUT2D eigenvalue weighted by molar-refractivity contribution is 5.75. The first-order chi connectivity index (χ1) is 5.77. The number of hydrogen-bond donors (Lipinski definition) is 0. The van der Waals surface area contributed by atoms with Gasteiger partial charge < -0.3 is 0 Å². The highest BCUT2D eigenvalue weighted by atomic mass is 16.3. The van der Waals surface area contributed by atoms with Crippen molar-refractivity contribution in [3.8, 4) is 6.07 Å². The standard InChI is InChI=1S/C9H6N2O/c1-7(6-10)8-2-4-9(11-12)5-3-8/h2-5H,1H2. The Morgan fingerprint density at radius 3 is 2.42 bits per heavy atom. The Balaban J connectivity index is 3.01. The van der Waals surface area contributed by atoms with E-state index < -0.39 is 0 Å². The molecule has 0 saturated carbocycles. The fraction of sp³-hybridized carbons (Fsp3) is 0. The third-order valence-corrected chi connectivity index (χ3v) is 1.46. The summed E-state index contributed by atoms with van der Waals surface area (Å²) in [6, 6.07) is 8.29. The second kappa shape index (κ2) is 3.44. The van der Waals surface area contributed by atoms with Crippen molar-refractivity contribution < 1.29 is 0 Å². The zero-order chi connectivity index (χ0) is 8.97. The summed E-state index contributed by atoms with van der Waals surface area (Å²) in [6.07, 6.45) is 0. The van der Waals surface area contributed by atoms with Gasteiger partial charge in [-0.1, -0.05) is 18.7 Å². The maximum atomic E-state index is 10.0. The normalized spacial score (nSPS) is 8.58. The molecular formula is C9H6N2O. The summed E-state index contributed by atoms with van der Waals surface area (Å²) in [5.74, 6) is 0. The van der Waals surface area contributed by atoms with Crippen LogP contribution in [0.25, 0.3) is 5.57 Å². The van der Waals surface area contributed by atoms with E-state index >= 15 is 0 Å². The van der Waals surface area contributed by atoms with Crippen LogP contribution in [0.5, 0.6) is 0 Å². The quantitative estimate of drug-likeness (QED) is 0.490. The molecule has 0 N–H and O–H groups in total. The Morgan fingerprint density at radius 1 is 1.42 bits per heavy atom. The molecule has 0 heterocycles. The second-order valence-corrected chi connectivity index (χ2v) is 2.23. The van der Waals surface area contributed by atoms with E-state index in [2.05, 4.69) is 11.8 Å². The van der Waals surface area contributed by atoms with Gasteiger partial charge in [0.1, 0.15) is 5.69 Å². The first kappa shape index (κ1) is 8.15. The van der Waals surface area contributed by atoms with Crippen LogP contribution < -0.4 is 0 Å². The van der Waals surface area contributed by atoms with Crippen LogP contribution in [0.1, 0.15) is 5.56 Å². The molecule has 0 amide bonds. The van der Waals surface area contributed by atoms with Gasteiger partial charge in [0.05, 0.1) is 11.6 Å². The van der Waals surface area contributed by atoms with Crippen molar-refractivity contribution in [2.24, 2.45) is 5.18 Å². The summed E-state index contributed by atoms with van der Waals surface area (Å²) in [5, 5.41) is 11.2. The maximum absolute atomic E-state index is 10.0. The lowest BCUT2D eigenvalue weighted by molar-refractivity contribution is 1.48. The van der Waals surface area contributed by atoms with Crippen molar-refractivity contribution in [3.05, 3.63) is 41.3 Å². The molecule has 12 heavy (non-hydrogen) atoms. The fourth-order valence-electron chi connectivity index (χ4n) is 0.788. The van der Waals surface area contributed by atoms with Gasteiger partial charge in [-0.15, -0.1) is 4.91 Å². The summed E-state index contributed by atoms with van der Waals surface area (Å²) in [5.41, 5.74) is 1.45. The van der Waals surface area contributed by atoms with E-state index in [0.29, 0.717) is 16.8 Å². The van der Waals surface area contributed by atoms with Crippen LogP contribution >= 0.6 is 0 Å². The predicted octanol–water partition coefficient (Wildman–Crippen LogP) is 2.62. The molecule has 0 saturated heterocycles. The molecule has 0 radical (unpaired) electrons. The van der Waals surface area contributed by atoms with Gasteiger partial charge in [-0.25, -0.2) is 0 Å². The predicted molar refractivity (Wildman–Crippen MR) is 46.5 cm³/mol. The lowest BCUT2D eigenvalue weighted by Gasteiger charge is -1.94. The summed E-state index contributed by atoms with van der Waals surface area (Å²) >= 11 is 0. The highest BCUT2D eigenvalue weighted by Crippen LogP contribution is 2.16. The van der Waals surface area contributed by atoms with Crippen LogP contribution in [0.2, 0.25) is 0 Å². The Hall–Kier alpha value is -1.95. The molecule has 1 rings (SSSR count). The van der Waals surface area contributed by atoms with E-state index in [-0.39, 0.29) is 0 Å². The minimum Gasteiger partial charge on any atom is -0.192 e. The largest absolute Gasteiger partial charge is 0.192 e. The fourth-order valence-corrected chi connectivity index (χ4v) is 0.788. The second-order valence-electron chi connectivity index (χ2n) is 2.23. The van der Waals surface area contributed by atoms with Crippen LogP contribution in [0.3, 0.4) is 0 Å². The van der Waals surface area contributed by atoms with Crippen LogP contribution in [0.4, 0.5) is 5.69 Å². The van der Waals surface area contributed by atoms with Crippen molar-refractivity contribution in [3.63, 3.8) is 0 Å². The molecule has 3 heteroatoms. The van der Waals surface area contributed by atoms with Gasteiger partial charge in [0.15, 0.2) is 0 Å². The smallest absolute Gasteiger partial charge is 0.108 e. The van der Waals surface area contributed by atoms with E-state index in [1.54, 1.807) is 24.3 Å². The molecule has 0 atom stereocenters. The van der Waals surface area contributed by atoms with Crippen LogP contribution in [0, 0.1) is 16.2 Å². The zero-order valence-electron chi connectivity index (χ0n) is 6.32. The number of hydrogen-bond acceptors (Lipinski definition) is 3. The molecule has 3 nitrogen and oxygen atoms in total. The third-order valence-electron chi connectivity index (χ3n) is 1.46. The van der Waals surface area contributed by atoms with Crippen LogP contribution in [0.15, 0.2) is 36.0 Å². The Labute approximate surface area is 69.9 Å². The van der Waals surface area contributed by atoms with E-state index in [9.17, 15) is 4.91 Å². The van der Waals surface area contributed by atoms with Gasteiger partial charge >= 0.3 is 0 Å². The SMILES string of the molecule is C=C(C#N)c1ccc(N=O)cc1. The lowest BCUT2D eigenvalue weighted by Crippen LogP contribution is -1.76. The molecule has 58 valence electrons. The van der Waals surface area contributed by atoms with Crippen molar-refractivity contribution in [1.82, 2.24) is 0 Å². The van der Waals surface area contributed by atoms with E-state index in [0.717, 1.165) is 0 Å². The summed E-state index contributed by atoms with van der Waals surface area (Å²) in [7, 11) is 0. The van der Waals surface area contributed by atoms with Crippen molar-refractivity contribution >= 4 is 11.3 Å². The summed E-state index contributed by atoms with van der Waals surface area (Å²) in [4.78, 5) is 10.0. The van der Waals surface area contributed by atoms with E-state index in [1.807, 2.05) is 6.07 Å². The minimum absolute atomic E-state index is 0.351. The molecule has 0 aliphatic rings. The average molecular weight is 158 g/mol. The Morgan fingerprint density at radius 2 is 2.00 bits per heavy atom. The molecule has 1 aromatic carbocycles. The van der Waals surface area contributed by atoms with Crippen molar-refractivity contribution in [2.75, 3.05) is 0 Å². The van der Waals surface area contributed by atoms with Gasteiger partial charge in [0, 0.05) is 0 Å². The van der Waals surface area contributed by atoms with Gasteiger partial charge in [-0.05, 0) is 22.9 Å². The highest BCUT2D eigenvalue weighted by Gasteiger charge is 1.96. The maximum Gasteiger partial charge on any atom is 0.108 e. The Bertz CT molecular complexity index is 346. The van der Waals surface area contributed by atoms with E-state index in [4.69, 9.17) is 5.26 Å². The molecular weight excluding hydrogens is 152 g/mol. The molecule has 0 spiro atoms. The van der Waals surface area contributed by atoms with Gasteiger partial charge in [-0.2, -0.15) is 5.26 Å². The zero-order valence-corrected chi connectivity index (χ0v) is 6.32. The lowest BCUT2D eigenvalue weighted by atomic mass is 10.1. The molecule has 0 aliphatic heterocycles. The number of rotatable bonds is 2. The summed E-state index contributed by atoms with van der Waals surface area (Å²) in [6.45, 7) is 3.53. The van der Waals surface area contributed by atoms with Gasteiger partial charge in [0.25, 0.3) is 0 Å². The van der Waals surface area contributed by atoms with Gasteiger partial charge in [-0.3, -0.25) is 0 Å². The van der Waals surface area contributed by atoms with E-state index in [1.165, 1.54) is 0 Å². The number of allylic oxidation sites excluding steroid dienone is 1. The monoisotopic (exact) mass is 158 g/mol. The average Bonchev–Trinajstić information content (AvgIpc) is 2.17. The van der Waals surface area contributed by atoms with Gasteiger partial charge in [0.2, 0.25) is 0 Å². The number of nitrogens with zero attached hydrogens (tertiary/aromatic N) is 2. The first-order valence-corrected chi connectivity index (χ1v) is 3.30. The van der Waals surface area contributed by atoms with Crippen molar-refractivity contribution in [2.45, 2.75) is 0 Å². The molecule has 0 unspecified atom stereocenters. The number of nitroso groups, excluding NO2 is 1. The molecule has 0 bridgehead atoms. The van der Waals surface area contributed by atoms with Crippen molar-refractivity contribution in [1.29, 1.82) is 5.26 Å². The topological polar surface area (TPSA) is 53.2 Å². The van der Waals surface area contributed by atoms with Crippen LogP contribution in [-0.2, 0) is 0 Å². The molecule has 0 aromatic heterocycles. The molecule has 0 fully saturated rings. The Kier molecular flexibility index (Phi) is 2.34. The third kappa shape index (κ3) is 1.55. The minimum atomic E-state index is 0.351. The number of benzene rings is 1. The summed E-state index contributed by atoms with van der Waals surface area (Å²) < 4.78 is 0. The van der Waals surface area contributed by atoms with Crippen LogP contribution in [-0.4, -0.2) is 0 Å². The molecule has 0 aliphatic carbocycles.